The first-order valence-electron chi connectivity index (χ1n) is 10.3. The van der Waals surface area contributed by atoms with Crippen molar-refractivity contribution in [2.24, 2.45) is 0 Å². The molecular formula is C22H25N3O5S. The molecule has 2 heterocycles. The molecule has 8 nitrogen and oxygen atoms in total. The molecule has 0 saturated carbocycles. The molecule has 0 aliphatic carbocycles. The van der Waals surface area contributed by atoms with Gasteiger partial charge in [0.15, 0.2) is 0 Å². The summed E-state index contributed by atoms with van der Waals surface area (Å²) in [6, 6.07) is 16.2. The van der Waals surface area contributed by atoms with Crippen LogP contribution in [0.1, 0.15) is 12.0 Å². The van der Waals surface area contributed by atoms with Gasteiger partial charge in [-0.25, -0.2) is 8.42 Å². The first kappa shape index (κ1) is 21.3. The molecule has 2 aliphatic heterocycles. The van der Waals surface area contributed by atoms with Crippen LogP contribution in [0.3, 0.4) is 0 Å². The van der Waals surface area contributed by atoms with E-state index in [0.29, 0.717) is 24.5 Å². The number of hydrogen-bond donors (Lipinski definition) is 0. The lowest BCUT2D eigenvalue weighted by Crippen LogP contribution is -2.53. The number of nitrogens with zero attached hydrogens (tertiary/aromatic N) is 3. The van der Waals surface area contributed by atoms with Gasteiger partial charge in [-0.05, 0) is 17.7 Å². The van der Waals surface area contributed by atoms with Crippen molar-refractivity contribution in [2.45, 2.75) is 12.2 Å². The second-order valence-electron chi connectivity index (χ2n) is 7.57. The van der Waals surface area contributed by atoms with E-state index >= 15 is 0 Å². The van der Waals surface area contributed by atoms with E-state index in [4.69, 9.17) is 4.74 Å². The standard InChI is InChI=1S/C22H25N3O5S/c26-21-10-15-30-20-9-5-4-8-19(20)25(21)16-22(27)23-11-13-24(14-12-23)31(28,29)17-18-6-2-1-3-7-18/h1-9H,10-17H2. The average Bonchev–Trinajstić information content (AvgIpc) is 2.93. The third-order valence-corrected chi connectivity index (χ3v) is 7.35. The summed E-state index contributed by atoms with van der Waals surface area (Å²) in [7, 11) is -3.45. The molecule has 0 spiro atoms. The average molecular weight is 444 g/mol. The molecule has 31 heavy (non-hydrogen) atoms. The predicted molar refractivity (Wildman–Crippen MR) is 116 cm³/mol. The van der Waals surface area contributed by atoms with Crippen LogP contribution >= 0.6 is 0 Å². The van der Waals surface area contributed by atoms with E-state index in [9.17, 15) is 18.0 Å². The molecule has 9 heteroatoms. The van der Waals surface area contributed by atoms with Crippen LogP contribution in [0.2, 0.25) is 0 Å². The Morgan fingerprint density at radius 1 is 0.935 bits per heavy atom. The van der Waals surface area contributed by atoms with Crippen LogP contribution < -0.4 is 9.64 Å². The summed E-state index contributed by atoms with van der Waals surface area (Å²) in [5.74, 6) is 0.159. The van der Waals surface area contributed by atoms with Crippen LogP contribution in [0.15, 0.2) is 54.6 Å². The highest BCUT2D eigenvalue weighted by atomic mass is 32.2. The summed E-state index contributed by atoms with van der Waals surface area (Å²) < 4.78 is 32.5. The second-order valence-corrected chi connectivity index (χ2v) is 9.54. The minimum absolute atomic E-state index is 0.0547. The van der Waals surface area contributed by atoms with Crippen molar-refractivity contribution in [2.75, 3.05) is 44.2 Å². The number of benzene rings is 2. The van der Waals surface area contributed by atoms with Gasteiger partial charge in [0, 0.05) is 26.2 Å². The minimum Gasteiger partial charge on any atom is -0.491 e. The van der Waals surface area contributed by atoms with E-state index in [1.165, 1.54) is 9.21 Å². The Bertz CT molecular complexity index is 1050. The van der Waals surface area contributed by atoms with Crippen molar-refractivity contribution >= 4 is 27.5 Å². The molecule has 4 rings (SSSR count). The smallest absolute Gasteiger partial charge is 0.242 e. The van der Waals surface area contributed by atoms with Gasteiger partial charge in [0.05, 0.1) is 24.5 Å². The fraction of sp³-hybridized carbons (Fsp3) is 0.364. The number of piperazine rings is 1. The molecular weight excluding hydrogens is 418 g/mol. The molecule has 0 bridgehead atoms. The largest absolute Gasteiger partial charge is 0.491 e. The van der Waals surface area contributed by atoms with E-state index in [1.54, 1.807) is 35.2 Å². The van der Waals surface area contributed by atoms with Gasteiger partial charge in [0.1, 0.15) is 12.3 Å². The molecule has 2 aromatic rings. The van der Waals surface area contributed by atoms with Gasteiger partial charge in [-0.3, -0.25) is 14.5 Å². The SMILES string of the molecule is O=C(CN1C(=O)CCOc2ccccc21)N1CCN(S(=O)(=O)Cc2ccccc2)CC1. The molecule has 1 saturated heterocycles. The first-order valence-corrected chi connectivity index (χ1v) is 11.9. The topological polar surface area (TPSA) is 87.2 Å². The lowest BCUT2D eigenvalue weighted by molar-refractivity contribution is -0.132. The van der Waals surface area contributed by atoms with Gasteiger partial charge in [0.25, 0.3) is 0 Å². The third-order valence-electron chi connectivity index (χ3n) is 5.50. The molecule has 2 amide bonds. The Hall–Kier alpha value is -2.91. The van der Waals surface area contributed by atoms with Crippen molar-refractivity contribution in [1.82, 2.24) is 9.21 Å². The number of para-hydroxylation sites is 2. The van der Waals surface area contributed by atoms with E-state index in [-0.39, 0.29) is 50.2 Å². The summed E-state index contributed by atoms with van der Waals surface area (Å²) in [6.07, 6.45) is 0.202. The maximum atomic E-state index is 12.9. The lowest BCUT2D eigenvalue weighted by atomic mass is 10.2. The van der Waals surface area contributed by atoms with E-state index in [0.717, 1.165) is 5.56 Å². The number of ether oxygens (including phenoxy) is 1. The van der Waals surface area contributed by atoms with Gasteiger partial charge in [-0.15, -0.1) is 0 Å². The van der Waals surface area contributed by atoms with E-state index in [2.05, 4.69) is 0 Å². The fourth-order valence-electron chi connectivity index (χ4n) is 3.82. The molecule has 0 radical (unpaired) electrons. The molecule has 0 atom stereocenters. The number of fused-ring (bicyclic) bond motifs is 1. The van der Waals surface area contributed by atoms with Gasteiger partial charge in [0.2, 0.25) is 21.8 Å². The molecule has 0 N–H and O–H groups in total. The normalized spacial score (nSPS) is 17.6. The predicted octanol–water partition coefficient (Wildman–Crippen LogP) is 1.48. The highest BCUT2D eigenvalue weighted by molar-refractivity contribution is 7.88. The van der Waals surface area contributed by atoms with Gasteiger partial charge in [-0.1, -0.05) is 42.5 Å². The van der Waals surface area contributed by atoms with Crippen molar-refractivity contribution in [1.29, 1.82) is 0 Å². The Kier molecular flexibility index (Phi) is 6.24. The quantitative estimate of drug-likeness (QED) is 0.699. The fourth-order valence-corrected chi connectivity index (χ4v) is 5.34. The summed E-state index contributed by atoms with van der Waals surface area (Å²) in [5.41, 5.74) is 1.32. The molecule has 2 aromatic carbocycles. The number of anilines is 1. The molecule has 0 aromatic heterocycles. The van der Waals surface area contributed by atoms with Crippen LogP contribution in [-0.4, -0.2) is 68.8 Å². The Balaban J connectivity index is 1.38. The molecule has 164 valence electrons. The number of hydrogen-bond acceptors (Lipinski definition) is 5. The maximum absolute atomic E-state index is 12.9. The summed E-state index contributed by atoms with van der Waals surface area (Å²) in [6.45, 7) is 1.28. The number of carbonyl (C=O) groups excluding carboxylic acids is 2. The molecule has 0 unspecified atom stereocenters. The second kappa shape index (κ2) is 9.07. The van der Waals surface area contributed by atoms with Crippen LogP contribution in [0.4, 0.5) is 5.69 Å². The maximum Gasteiger partial charge on any atom is 0.242 e. The summed E-state index contributed by atoms with van der Waals surface area (Å²) in [5, 5.41) is 0. The van der Waals surface area contributed by atoms with Crippen molar-refractivity contribution < 1.29 is 22.7 Å². The van der Waals surface area contributed by atoms with E-state index in [1.807, 2.05) is 24.3 Å². The highest BCUT2D eigenvalue weighted by Crippen LogP contribution is 2.31. The Labute approximate surface area is 182 Å². The van der Waals surface area contributed by atoms with Gasteiger partial charge in [-0.2, -0.15) is 4.31 Å². The summed E-state index contributed by atoms with van der Waals surface area (Å²) in [4.78, 5) is 28.5. The van der Waals surface area contributed by atoms with Crippen LogP contribution in [-0.2, 0) is 25.4 Å². The van der Waals surface area contributed by atoms with Crippen molar-refractivity contribution in [3.8, 4) is 5.75 Å². The lowest BCUT2D eigenvalue weighted by Gasteiger charge is -2.35. The van der Waals surface area contributed by atoms with E-state index < -0.39 is 10.0 Å². The Morgan fingerprint density at radius 3 is 2.35 bits per heavy atom. The number of sulfonamides is 1. The number of rotatable bonds is 5. The van der Waals surface area contributed by atoms with Crippen molar-refractivity contribution in [3.63, 3.8) is 0 Å². The van der Waals surface area contributed by atoms with Crippen LogP contribution in [0, 0.1) is 0 Å². The highest BCUT2D eigenvalue weighted by Gasteiger charge is 2.31. The zero-order chi connectivity index (χ0) is 21.8. The monoisotopic (exact) mass is 443 g/mol. The molecule has 2 aliphatic rings. The summed E-state index contributed by atoms with van der Waals surface area (Å²) >= 11 is 0. The first-order chi connectivity index (χ1) is 14.9. The van der Waals surface area contributed by atoms with Crippen LogP contribution in [0.25, 0.3) is 0 Å². The van der Waals surface area contributed by atoms with Crippen LogP contribution in [0.5, 0.6) is 5.75 Å². The number of amides is 2. The van der Waals surface area contributed by atoms with Gasteiger partial charge >= 0.3 is 0 Å². The third kappa shape index (κ3) is 4.88. The molecule has 1 fully saturated rings. The number of carbonyl (C=O) groups is 2. The minimum atomic E-state index is -3.45. The Morgan fingerprint density at radius 2 is 1.61 bits per heavy atom. The van der Waals surface area contributed by atoms with Crippen molar-refractivity contribution in [3.05, 3.63) is 60.2 Å². The zero-order valence-electron chi connectivity index (χ0n) is 17.1. The van der Waals surface area contributed by atoms with Gasteiger partial charge < -0.3 is 9.64 Å². The zero-order valence-corrected chi connectivity index (χ0v) is 18.0.